The van der Waals surface area contributed by atoms with Crippen molar-refractivity contribution < 1.29 is 19.1 Å². The third-order valence-electron chi connectivity index (χ3n) is 7.36. The molecule has 32 heavy (non-hydrogen) atoms. The topological polar surface area (TPSA) is 76.7 Å². The molecule has 0 atom stereocenters. The summed E-state index contributed by atoms with van der Waals surface area (Å²) in [6, 6.07) is 18.7. The van der Waals surface area contributed by atoms with Crippen molar-refractivity contribution in [3.63, 3.8) is 0 Å². The smallest absolute Gasteiger partial charge is 0.411 e. The fourth-order valence-corrected chi connectivity index (χ4v) is 6.78. The minimum atomic E-state index is -0.403. The molecule has 4 aliphatic carbocycles. The number of carbonyl (C=O) groups is 2. The van der Waals surface area contributed by atoms with Gasteiger partial charge in [-0.25, -0.2) is 9.59 Å². The van der Waals surface area contributed by atoms with E-state index in [4.69, 9.17) is 9.47 Å². The number of ether oxygens (including phenoxy) is 2. The van der Waals surface area contributed by atoms with E-state index in [0.29, 0.717) is 25.0 Å². The normalized spacial score (nSPS) is 29.9. The van der Waals surface area contributed by atoms with E-state index in [2.05, 4.69) is 10.6 Å². The summed E-state index contributed by atoms with van der Waals surface area (Å²) in [5.74, 6) is 1.25. The average Bonchev–Trinajstić information content (AvgIpc) is 2.77. The molecule has 0 unspecified atom stereocenters. The molecule has 2 amide bonds. The molecule has 4 aliphatic rings. The van der Waals surface area contributed by atoms with Crippen LogP contribution >= 0.6 is 0 Å². The van der Waals surface area contributed by atoms with Crippen LogP contribution in [0.4, 0.5) is 21.0 Å². The number of para-hydroxylation sites is 2. The first-order chi connectivity index (χ1) is 15.5. The Balaban J connectivity index is 1.19. The Kier molecular flexibility index (Phi) is 5.53. The van der Waals surface area contributed by atoms with E-state index >= 15 is 0 Å². The third-order valence-corrected chi connectivity index (χ3v) is 7.36. The molecule has 4 bridgehead atoms. The zero-order valence-electron chi connectivity index (χ0n) is 18.2. The minimum absolute atomic E-state index is 0.00260. The van der Waals surface area contributed by atoms with Gasteiger partial charge in [-0.3, -0.25) is 10.6 Å². The van der Waals surface area contributed by atoms with Gasteiger partial charge in [0.1, 0.15) is 0 Å². The summed E-state index contributed by atoms with van der Waals surface area (Å²) in [6.07, 6.45) is 5.78. The molecule has 2 aromatic carbocycles. The standard InChI is InChI=1S/C26H30N2O4/c29-23(27-21-7-3-1-4-8-21)31-17-25-12-19-11-20(13-25)15-26(14-19,16-25)18-32-24(30)28-22-9-5-2-6-10-22/h1-10,19-20H,11-18H2,(H,27,29)(H,28,30). The molecule has 0 aliphatic heterocycles. The van der Waals surface area contributed by atoms with Crippen LogP contribution in [0.1, 0.15) is 38.5 Å². The molecule has 0 radical (unpaired) electrons. The first-order valence-electron chi connectivity index (χ1n) is 11.5. The monoisotopic (exact) mass is 434 g/mol. The Labute approximate surface area is 188 Å². The summed E-state index contributed by atoms with van der Waals surface area (Å²) >= 11 is 0. The van der Waals surface area contributed by atoms with Gasteiger partial charge in [0, 0.05) is 22.2 Å². The van der Waals surface area contributed by atoms with Gasteiger partial charge in [0.25, 0.3) is 0 Å². The van der Waals surface area contributed by atoms with Gasteiger partial charge >= 0.3 is 12.2 Å². The van der Waals surface area contributed by atoms with Crippen molar-refractivity contribution in [1.29, 1.82) is 0 Å². The van der Waals surface area contributed by atoms with E-state index < -0.39 is 12.2 Å². The van der Waals surface area contributed by atoms with Crippen molar-refractivity contribution in [2.75, 3.05) is 23.8 Å². The number of hydrogen-bond donors (Lipinski definition) is 2. The summed E-state index contributed by atoms with van der Waals surface area (Å²) in [5.41, 5.74) is 1.46. The number of anilines is 2. The maximum atomic E-state index is 12.4. The largest absolute Gasteiger partial charge is 0.449 e. The number of benzene rings is 2. The Morgan fingerprint density at radius 2 is 1.12 bits per heavy atom. The molecule has 0 spiro atoms. The number of carbonyl (C=O) groups excluding carboxylic acids is 2. The SMILES string of the molecule is O=C(Nc1ccccc1)OCC12CC3CC(C1)CC(COC(=O)Nc1ccccc1)(C3)C2. The quantitative estimate of drug-likeness (QED) is 0.578. The maximum absolute atomic E-state index is 12.4. The maximum Gasteiger partial charge on any atom is 0.411 e. The van der Waals surface area contributed by atoms with Crippen LogP contribution in [0.2, 0.25) is 0 Å². The Morgan fingerprint density at radius 1 is 0.719 bits per heavy atom. The van der Waals surface area contributed by atoms with Gasteiger partial charge < -0.3 is 9.47 Å². The predicted octanol–water partition coefficient (Wildman–Crippen LogP) is 6.07. The molecule has 4 saturated carbocycles. The lowest BCUT2D eigenvalue weighted by Gasteiger charge is -2.61. The first-order valence-corrected chi connectivity index (χ1v) is 11.5. The Hall–Kier alpha value is -3.02. The van der Waals surface area contributed by atoms with Gasteiger partial charge in [0.2, 0.25) is 0 Å². The van der Waals surface area contributed by atoms with E-state index in [1.54, 1.807) is 0 Å². The van der Waals surface area contributed by atoms with Gasteiger partial charge in [0.05, 0.1) is 13.2 Å². The van der Waals surface area contributed by atoms with E-state index in [1.807, 2.05) is 60.7 Å². The fraction of sp³-hybridized carbons (Fsp3) is 0.462. The molecule has 6 nitrogen and oxygen atoms in total. The number of hydrogen-bond acceptors (Lipinski definition) is 4. The van der Waals surface area contributed by atoms with Crippen LogP contribution in [0.25, 0.3) is 0 Å². The predicted molar refractivity (Wildman–Crippen MR) is 122 cm³/mol. The second kappa shape index (κ2) is 8.49. The van der Waals surface area contributed by atoms with Gasteiger partial charge in [-0.1, -0.05) is 36.4 Å². The van der Waals surface area contributed by atoms with Crippen LogP contribution in [0.3, 0.4) is 0 Å². The van der Waals surface area contributed by atoms with Crippen molar-refractivity contribution in [3.8, 4) is 0 Å². The zero-order chi connectivity index (χ0) is 22.0. The average molecular weight is 435 g/mol. The van der Waals surface area contributed by atoms with Gasteiger partial charge in [0.15, 0.2) is 0 Å². The highest BCUT2D eigenvalue weighted by Crippen LogP contribution is 2.65. The summed E-state index contributed by atoms with van der Waals surface area (Å²) in [4.78, 5) is 24.7. The molecule has 6 heteroatoms. The lowest BCUT2D eigenvalue weighted by molar-refractivity contribution is -0.144. The van der Waals surface area contributed by atoms with Crippen LogP contribution in [-0.2, 0) is 9.47 Å². The van der Waals surface area contributed by atoms with Crippen LogP contribution in [0, 0.1) is 22.7 Å². The third kappa shape index (κ3) is 4.59. The molecule has 2 aromatic rings. The lowest BCUT2D eigenvalue weighted by Crippen LogP contribution is -2.55. The number of amides is 2. The molecule has 0 aromatic heterocycles. The summed E-state index contributed by atoms with van der Waals surface area (Å²) in [5, 5.41) is 5.62. The van der Waals surface area contributed by atoms with Crippen LogP contribution in [0.15, 0.2) is 60.7 Å². The molecule has 168 valence electrons. The van der Waals surface area contributed by atoms with Crippen molar-refractivity contribution in [2.45, 2.75) is 38.5 Å². The number of rotatable bonds is 6. The van der Waals surface area contributed by atoms with Crippen molar-refractivity contribution in [2.24, 2.45) is 22.7 Å². The number of nitrogens with one attached hydrogen (secondary N) is 2. The molecule has 6 rings (SSSR count). The van der Waals surface area contributed by atoms with E-state index in [1.165, 1.54) is 6.42 Å². The van der Waals surface area contributed by atoms with E-state index in [0.717, 1.165) is 43.5 Å². The van der Waals surface area contributed by atoms with Gasteiger partial charge in [-0.05, 0) is 74.6 Å². The molecule has 4 fully saturated rings. The highest BCUT2D eigenvalue weighted by Gasteiger charge is 2.58. The second-order valence-corrected chi connectivity index (χ2v) is 10.1. The van der Waals surface area contributed by atoms with Crippen LogP contribution < -0.4 is 10.6 Å². The first kappa shape index (κ1) is 20.9. The fourth-order valence-electron chi connectivity index (χ4n) is 6.78. The van der Waals surface area contributed by atoms with Gasteiger partial charge in [-0.2, -0.15) is 0 Å². The summed E-state index contributed by atoms with van der Waals surface area (Å²) in [7, 11) is 0. The van der Waals surface area contributed by atoms with Crippen molar-refractivity contribution >= 4 is 23.6 Å². The minimum Gasteiger partial charge on any atom is -0.449 e. The van der Waals surface area contributed by atoms with Crippen molar-refractivity contribution in [3.05, 3.63) is 60.7 Å². The Morgan fingerprint density at radius 3 is 1.53 bits per heavy atom. The van der Waals surface area contributed by atoms with Crippen LogP contribution in [0.5, 0.6) is 0 Å². The molecule has 0 heterocycles. The highest BCUT2D eigenvalue weighted by atomic mass is 16.6. The van der Waals surface area contributed by atoms with Gasteiger partial charge in [-0.15, -0.1) is 0 Å². The summed E-state index contributed by atoms with van der Waals surface area (Å²) in [6.45, 7) is 0.854. The Bertz CT molecular complexity index is 873. The van der Waals surface area contributed by atoms with Crippen molar-refractivity contribution in [1.82, 2.24) is 0 Å². The van der Waals surface area contributed by atoms with Crippen LogP contribution in [-0.4, -0.2) is 25.4 Å². The highest BCUT2D eigenvalue weighted by molar-refractivity contribution is 5.85. The van der Waals surface area contributed by atoms with E-state index in [9.17, 15) is 9.59 Å². The zero-order valence-corrected chi connectivity index (χ0v) is 18.2. The van der Waals surface area contributed by atoms with E-state index in [-0.39, 0.29) is 10.8 Å². The molecular weight excluding hydrogens is 404 g/mol. The molecule has 2 N–H and O–H groups in total. The molecule has 0 saturated heterocycles. The lowest BCUT2D eigenvalue weighted by atomic mass is 9.44. The molecular formula is C26H30N2O4. The summed E-state index contributed by atoms with van der Waals surface area (Å²) < 4.78 is 11.4. The second-order valence-electron chi connectivity index (χ2n) is 10.1.